The summed E-state index contributed by atoms with van der Waals surface area (Å²) in [6.07, 6.45) is 1.39. The van der Waals surface area contributed by atoms with Gasteiger partial charge in [0.25, 0.3) is 0 Å². The predicted molar refractivity (Wildman–Crippen MR) is 133 cm³/mol. The molecule has 2 amide bonds. The molecule has 7 nitrogen and oxygen atoms in total. The summed E-state index contributed by atoms with van der Waals surface area (Å²) in [4.78, 5) is 24.4. The Morgan fingerprint density at radius 1 is 1.09 bits per heavy atom. The zero-order valence-corrected chi connectivity index (χ0v) is 19.8. The maximum absolute atomic E-state index is 12.2. The molecule has 0 radical (unpaired) electrons. The van der Waals surface area contributed by atoms with Crippen molar-refractivity contribution < 1.29 is 14.0 Å². The van der Waals surface area contributed by atoms with E-state index in [1.807, 2.05) is 0 Å². The fraction of sp³-hybridized carbons (Fsp3) is 0.0909. The van der Waals surface area contributed by atoms with Gasteiger partial charge in [0.1, 0.15) is 16.8 Å². The summed E-state index contributed by atoms with van der Waals surface area (Å²) >= 11 is 19.2. The normalized spacial score (nSPS) is 17.0. The van der Waals surface area contributed by atoms with Gasteiger partial charge in [-0.2, -0.15) is 5.10 Å². The van der Waals surface area contributed by atoms with Crippen LogP contribution in [0.5, 0.6) is 0 Å². The number of furan rings is 1. The molecule has 1 aliphatic rings. The SMILES string of the molecule is O=C(CC1S/C(=N/N=C/c2ccc(-c3cc(Cl)ccc3Cl)o2)NC1=O)Nc1ccc(Cl)cc1. The third kappa shape index (κ3) is 6.17. The number of amidine groups is 1. The molecule has 11 heteroatoms. The Hall–Kier alpha value is -2.78. The highest BCUT2D eigenvalue weighted by Gasteiger charge is 2.32. The Morgan fingerprint density at radius 3 is 2.64 bits per heavy atom. The number of carbonyl (C=O) groups is 2. The number of nitrogens with one attached hydrogen (secondary N) is 2. The van der Waals surface area contributed by atoms with E-state index >= 15 is 0 Å². The molecule has 168 valence electrons. The van der Waals surface area contributed by atoms with Crippen LogP contribution in [0.15, 0.2) is 69.2 Å². The van der Waals surface area contributed by atoms with Crippen molar-refractivity contribution in [3.63, 3.8) is 0 Å². The second-order valence-corrected chi connectivity index (χ2v) is 9.30. The fourth-order valence-corrected chi connectivity index (χ4v) is 4.32. The van der Waals surface area contributed by atoms with Crippen molar-refractivity contribution in [2.24, 2.45) is 10.2 Å². The summed E-state index contributed by atoms with van der Waals surface area (Å²) in [6.45, 7) is 0. The number of hydrogen-bond donors (Lipinski definition) is 2. The summed E-state index contributed by atoms with van der Waals surface area (Å²) in [5, 5.41) is 14.6. The van der Waals surface area contributed by atoms with Gasteiger partial charge in [-0.05, 0) is 54.6 Å². The summed E-state index contributed by atoms with van der Waals surface area (Å²) in [5.41, 5.74) is 1.26. The molecule has 1 aliphatic heterocycles. The van der Waals surface area contributed by atoms with Crippen molar-refractivity contribution in [1.82, 2.24) is 5.32 Å². The zero-order valence-electron chi connectivity index (χ0n) is 16.7. The van der Waals surface area contributed by atoms with Crippen LogP contribution < -0.4 is 10.6 Å². The molecule has 3 aromatic rings. The number of thioether (sulfide) groups is 1. The van der Waals surface area contributed by atoms with E-state index in [1.165, 1.54) is 6.21 Å². The highest BCUT2D eigenvalue weighted by atomic mass is 35.5. The van der Waals surface area contributed by atoms with E-state index in [0.717, 1.165) is 11.8 Å². The van der Waals surface area contributed by atoms with E-state index in [9.17, 15) is 9.59 Å². The molecule has 0 aliphatic carbocycles. The van der Waals surface area contributed by atoms with Crippen molar-refractivity contribution in [1.29, 1.82) is 0 Å². The van der Waals surface area contributed by atoms with Gasteiger partial charge in [-0.1, -0.05) is 46.6 Å². The van der Waals surface area contributed by atoms with E-state index in [-0.39, 0.29) is 18.2 Å². The van der Waals surface area contributed by atoms with Crippen molar-refractivity contribution >= 4 is 75.4 Å². The number of amides is 2. The van der Waals surface area contributed by atoms with Gasteiger partial charge in [-0.25, -0.2) is 0 Å². The lowest BCUT2D eigenvalue weighted by Gasteiger charge is -2.07. The Morgan fingerprint density at radius 2 is 1.85 bits per heavy atom. The van der Waals surface area contributed by atoms with Crippen LogP contribution in [0.1, 0.15) is 12.2 Å². The number of anilines is 1. The first kappa shape index (κ1) is 23.4. The smallest absolute Gasteiger partial charge is 0.240 e. The van der Waals surface area contributed by atoms with E-state index in [2.05, 4.69) is 20.8 Å². The standard InChI is InChI=1S/C22H15Cl3N4O3S/c23-12-1-4-14(5-2-12)27-20(30)10-19-21(31)28-22(33-19)29-26-11-15-6-8-18(32-15)16-9-13(24)3-7-17(16)25/h1-9,11,19H,10H2,(H,27,30)(H,28,29,31)/b26-11+. The molecule has 4 rings (SSSR count). The molecule has 1 fully saturated rings. The predicted octanol–water partition coefficient (Wildman–Crippen LogP) is 5.86. The third-order valence-corrected chi connectivity index (χ3v) is 6.32. The Labute approximate surface area is 208 Å². The quantitative estimate of drug-likeness (QED) is 0.314. The summed E-state index contributed by atoms with van der Waals surface area (Å²) in [6, 6.07) is 15.2. The van der Waals surface area contributed by atoms with Gasteiger partial charge in [0.05, 0.1) is 11.2 Å². The first-order valence-electron chi connectivity index (χ1n) is 9.56. The van der Waals surface area contributed by atoms with Gasteiger partial charge >= 0.3 is 0 Å². The maximum atomic E-state index is 12.2. The lowest BCUT2D eigenvalue weighted by Crippen LogP contribution is -2.28. The van der Waals surface area contributed by atoms with E-state index in [0.29, 0.717) is 43.0 Å². The molecule has 0 saturated carbocycles. The molecular weight excluding hydrogens is 507 g/mol. The minimum Gasteiger partial charge on any atom is -0.455 e. The third-order valence-electron chi connectivity index (χ3n) is 4.43. The minimum atomic E-state index is -0.605. The molecular formula is C22H15Cl3N4O3S. The molecule has 1 atom stereocenters. The van der Waals surface area contributed by atoms with Gasteiger partial charge < -0.3 is 15.1 Å². The Bertz CT molecular complexity index is 1260. The Balaban J connectivity index is 1.34. The average molecular weight is 522 g/mol. The zero-order chi connectivity index (χ0) is 23.4. The summed E-state index contributed by atoms with van der Waals surface area (Å²) in [5.74, 6) is 0.374. The Kier molecular flexibility index (Phi) is 7.39. The topological polar surface area (TPSA) is 96.1 Å². The lowest BCUT2D eigenvalue weighted by atomic mass is 10.2. The van der Waals surface area contributed by atoms with Gasteiger partial charge in [0.15, 0.2) is 5.17 Å². The number of hydrogen-bond acceptors (Lipinski definition) is 6. The van der Waals surface area contributed by atoms with Gasteiger partial charge in [-0.3, -0.25) is 9.59 Å². The molecule has 2 N–H and O–H groups in total. The number of halogens is 3. The number of benzene rings is 2. The van der Waals surface area contributed by atoms with Crippen LogP contribution in [0.25, 0.3) is 11.3 Å². The van der Waals surface area contributed by atoms with Crippen molar-refractivity contribution in [2.45, 2.75) is 11.7 Å². The summed E-state index contributed by atoms with van der Waals surface area (Å²) < 4.78 is 5.71. The van der Waals surface area contributed by atoms with Crippen molar-refractivity contribution in [3.05, 3.63) is 75.4 Å². The van der Waals surface area contributed by atoms with E-state index < -0.39 is 5.25 Å². The molecule has 1 saturated heterocycles. The highest BCUT2D eigenvalue weighted by molar-refractivity contribution is 8.15. The summed E-state index contributed by atoms with van der Waals surface area (Å²) in [7, 11) is 0. The van der Waals surface area contributed by atoms with E-state index in [1.54, 1.807) is 54.6 Å². The van der Waals surface area contributed by atoms with E-state index in [4.69, 9.17) is 39.2 Å². The lowest BCUT2D eigenvalue weighted by molar-refractivity contribution is -0.122. The van der Waals surface area contributed by atoms with Crippen molar-refractivity contribution in [2.75, 3.05) is 5.32 Å². The number of carbonyl (C=O) groups excluding carboxylic acids is 2. The second kappa shape index (κ2) is 10.4. The van der Waals surface area contributed by atoms with Crippen molar-refractivity contribution in [3.8, 4) is 11.3 Å². The van der Waals surface area contributed by atoms with Crippen LogP contribution in [0.3, 0.4) is 0 Å². The fourth-order valence-electron chi connectivity index (χ4n) is 2.89. The molecule has 0 spiro atoms. The van der Waals surface area contributed by atoms with Crippen LogP contribution in [0.2, 0.25) is 15.1 Å². The largest absolute Gasteiger partial charge is 0.455 e. The monoisotopic (exact) mass is 520 g/mol. The van der Waals surface area contributed by atoms with Gasteiger partial charge in [0.2, 0.25) is 11.8 Å². The number of nitrogens with zero attached hydrogens (tertiary/aromatic N) is 2. The first-order chi connectivity index (χ1) is 15.9. The van der Waals surface area contributed by atoms with Crippen LogP contribution in [-0.4, -0.2) is 28.4 Å². The van der Waals surface area contributed by atoms with Crippen LogP contribution >= 0.6 is 46.6 Å². The average Bonchev–Trinajstić information content (AvgIpc) is 3.38. The van der Waals surface area contributed by atoms with Crippen LogP contribution in [-0.2, 0) is 9.59 Å². The molecule has 2 heterocycles. The molecule has 33 heavy (non-hydrogen) atoms. The maximum Gasteiger partial charge on any atom is 0.240 e. The molecule has 1 unspecified atom stereocenters. The van der Waals surface area contributed by atoms with Gasteiger partial charge in [0, 0.05) is 27.7 Å². The van der Waals surface area contributed by atoms with Crippen LogP contribution in [0, 0.1) is 0 Å². The molecule has 1 aromatic heterocycles. The number of rotatable bonds is 6. The highest BCUT2D eigenvalue weighted by Crippen LogP contribution is 2.31. The molecule has 0 bridgehead atoms. The first-order valence-corrected chi connectivity index (χ1v) is 11.6. The minimum absolute atomic E-state index is 0.0101. The molecule has 2 aromatic carbocycles. The van der Waals surface area contributed by atoms with Crippen LogP contribution in [0.4, 0.5) is 5.69 Å². The van der Waals surface area contributed by atoms with Gasteiger partial charge in [-0.15, -0.1) is 5.10 Å². The second-order valence-electron chi connectivity index (χ2n) is 6.83.